The summed E-state index contributed by atoms with van der Waals surface area (Å²) in [7, 11) is 0. The van der Waals surface area contributed by atoms with E-state index in [1.165, 1.54) is 0 Å². The average molecular weight is 289 g/mol. The lowest BCUT2D eigenvalue weighted by Crippen LogP contribution is -2.53. The highest BCUT2D eigenvalue weighted by molar-refractivity contribution is 6.00. The van der Waals surface area contributed by atoms with Crippen LogP contribution in [0, 0.1) is 11.8 Å². The molecule has 1 aliphatic rings. The Hall–Kier alpha value is -1.84. The number of hydrogen-bond donors (Lipinski definition) is 1. The average Bonchev–Trinajstić information content (AvgIpc) is 2.40. The van der Waals surface area contributed by atoms with E-state index in [4.69, 9.17) is 0 Å². The number of aliphatic carboxylic acids is 1. The van der Waals surface area contributed by atoms with Gasteiger partial charge in [0.2, 0.25) is 0 Å². The molecule has 1 N–H and O–H groups in total. The third-order valence-corrected chi connectivity index (χ3v) is 4.00. The Morgan fingerprint density at radius 1 is 1.24 bits per heavy atom. The summed E-state index contributed by atoms with van der Waals surface area (Å²) in [5.41, 5.74) is 1.18. The SMILES string of the molecule is CC(C)CN1C(=O)c2ccccc2C(C(=O)O)C1C(C)C. The number of carbonyl (C=O) groups excluding carboxylic acids is 1. The third-order valence-electron chi connectivity index (χ3n) is 4.00. The van der Waals surface area contributed by atoms with Crippen LogP contribution in [0.4, 0.5) is 0 Å². The fourth-order valence-corrected chi connectivity index (χ4v) is 3.24. The van der Waals surface area contributed by atoms with Gasteiger partial charge >= 0.3 is 5.97 Å². The maximum Gasteiger partial charge on any atom is 0.313 e. The van der Waals surface area contributed by atoms with Crippen molar-refractivity contribution in [3.8, 4) is 0 Å². The Kier molecular flexibility index (Phi) is 4.35. The van der Waals surface area contributed by atoms with E-state index in [-0.39, 0.29) is 17.9 Å². The van der Waals surface area contributed by atoms with E-state index in [2.05, 4.69) is 0 Å². The minimum atomic E-state index is -0.859. The van der Waals surface area contributed by atoms with Gasteiger partial charge in [0, 0.05) is 12.1 Å². The van der Waals surface area contributed by atoms with Crippen molar-refractivity contribution in [3.63, 3.8) is 0 Å². The monoisotopic (exact) mass is 289 g/mol. The van der Waals surface area contributed by atoms with Gasteiger partial charge in [0.15, 0.2) is 0 Å². The zero-order valence-corrected chi connectivity index (χ0v) is 13.0. The predicted molar refractivity (Wildman–Crippen MR) is 81.3 cm³/mol. The number of fused-ring (bicyclic) bond motifs is 1. The smallest absolute Gasteiger partial charge is 0.313 e. The molecule has 2 rings (SSSR count). The largest absolute Gasteiger partial charge is 0.481 e. The molecule has 0 aromatic heterocycles. The second kappa shape index (κ2) is 5.88. The van der Waals surface area contributed by atoms with E-state index in [0.29, 0.717) is 23.6 Å². The molecule has 21 heavy (non-hydrogen) atoms. The molecule has 0 spiro atoms. The molecule has 1 aliphatic heterocycles. The van der Waals surface area contributed by atoms with Crippen LogP contribution >= 0.6 is 0 Å². The number of rotatable bonds is 4. The molecule has 114 valence electrons. The van der Waals surface area contributed by atoms with Gasteiger partial charge in [-0.25, -0.2) is 0 Å². The number of carbonyl (C=O) groups is 2. The van der Waals surface area contributed by atoms with Crippen molar-refractivity contribution in [3.05, 3.63) is 35.4 Å². The molecular weight excluding hydrogens is 266 g/mol. The molecule has 0 bridgehead atoms. The molecule has 0 saturated heterocycles. The van der Waals surface area contributed by atoms with Gasteiger partial charge in [-0.15, -0.1) is 0 Å². The van der Waals surface area contributed by atoms with Gasteiger partial charge in [-0.1, -0.05) is 45.9 Å². The fraction of sp³-hybridized carbons (Fsp3) is 0.529. The first-order valence-electron chi connectivity index (χ1n) is 7.47. The van der Waals surface area contributed by atoms with Crippen LogP contribution in [0.2, 0.25) is 0 Å². The first-order chi connectivity index (χ1) is 9.84. The summed E-state index contributed by atoms with van der Waals surface area (Å²) in [6.07, 6.45) is 0. The summed E-state index contributed by atoms with van der Waals surface area (Å²) in [6, 6.07) is 6.80. The zero-order valence-electron chi connectivity index (χ0n) is 13.0. The molecule has 4 nitrogen and oxygen atoms in total. The summed E-state index contributed by atoms with van der Waals surface area (Å²) >= 11 is 0. The molecule has 2 atom stereocenters. The van der Waals surface area contributed by atoms with Crippen LogP contribution in [0.3, 0.4) is 0 Å². The second-order valence-electron chi connectivity index (χ2n) is 6.49. The number of hydrogen-bond acceptors (Lipinski definition) is 2. The number of amides is 1. The molecule has 2 unspecified atom stereocenters. The van der Waals surface area contributed by atoms with Crippen LogP contribution in [0.15, 0.2) is 24.3 Å². The Labute approximate surface area is 125 Å². The lowest BCUT2D eigenvalue weighted by molar-refractivity contribution is -0.141. The van der Waals surface area contributed by atoms with Crippen molar-refractivity contribution < 1.29 is 14.7 Å². The van der Waals surface area contributed by atoms with E-state index >= 15 is 0 Å². The van der Waals surface area contributed by atoms with Crippen LogP contribution in [-0.2, 0) is 4.79 Å². The number of carboxylic acid groups (broad SMARTS) is 1. The van der Waals surface area contributed by atoms with Crippen LogP contribution in [0.1, 0.15) is 49.5 Å². The van der Waals surface area contributed by atoms with E-state index in [0.717, 1.165) is 0 Å². The Bertz CT molecular complexity index is 551. The first-order valence-corrected chi connectivity index (χ1v) is 7.47. The van der Waals surface area contributed by atoms with E-state index in [9.17, 15) is 14.7 Å². The summed E-state index contributed by atoms with van der Waals surface area (Å²) in [5.74, 6) is -1.17. The van der Waals surface area contributed by atoms with Gasteiger partial charge in [0.1, 0.15) is 5.92 Å². The molecule has 0 radical (unpaired) electrons. The van der Waals surface area contributed by atoms with Crippen molar-refractivity contribution >= 4 is 11.9 Å². The van der Waals surface area contributed by atoms with Crippen molar-refractivity contribution in [2.24, 2.45) is 11.8 Å². The number of carboxylic acids is 1. The number of benzene rings is 1. The Balaban J connectivity index is 2.58. The molecule has 0 fully saturated rings. The molecule has 1 amide bonds. The lowest BCUT2D eigenvalue weighted by Gasteiger charge is -2.43. The van der Waals surface area contributed by atoms with Gasteiger partial charge in [0.05, 0.1) is 6.04 Å². The first kappa shape index (κ1) is 15.5. The van der Waals surface area contributed by atoms with Crippen LogP contribution < -0.4 is 0 Å². The molecule has 0 aliphatic carbocycles. The van der Waals surface area contributed by atoms with Crippen LogP contribution in [0.5, 0.6) is 0 Å². The molecular formula is C17H23NO3. The highest BCUT2D eigenvalue weighted by Crippen LogP contribution is 2.37. The van der Waals surface area contributed by atoms with Crippen LogP contribution in [-0.4, -0.2) is 34.5 Å². The molecule has 1 aromatic rings. The van der Waals surface area contributed by atoms with Crippen molar-refractivity contribution in [1.82, 2.24) is 4.90 Å². The van der Waals surface area contributed by atoms with Gasteiger partial charge in [-0.3, -0.25) is 9.59 Å². The van der Waals surface area contributed by atoms with Crippen molar-refractivity contribution in [1.29, 1.82) is 0 Å². The van der Waals surface area contributed by atoms with Crippen LogP contribution in [0.25, 0.3) is 0 Å². The highest BCUT2D eigenvalue weighted by Gasteiger charge is 2.44. The topological polar surface area (TPSA) is 57.6 Å². The lowest BCUT2D eigenvalue weighted by atomic mass is 9.78. The fourth-order valence-electron chi connectivity index (χ4n) is 3.24. The van der Waals surface area contributed by atoms with Gasteiger partial charge < -0.3 is 10.0 Å². The normalized spacial score (nSPS) is 21.8. The molecule has 4 heteroatoms. The second-order valence-corrected chi connectivity index (χ2v) is 6.49. The third kappa shape index (κ3) is 2.80. The standard InChI is InChI=1S/C17H23NO3/c1-10(2)9-18-15(11(3)4)14(17(20)21)12-7-5-6-8-13(12)16(18)19/h5-8,10-11,14-15H,9H2,1-4H3,(H,20,21). The Morgan fingerprint density at radius 2 is 1.86 bits per heavy atom. The van der Waals surface area contributed by atoms with E-state index < -0.39 is 11.9 Å². The maximum absolute atomic E-state index is 12.8. The minimum Gasteiger partial charge on any atom is -0.481 e. The van der Waals surface area contributed by atoms with Gasteiger partial charge in [-0.05, 0) is 23.5 Å². The number of nitrogens with zero attached hydrogens (tertiary/aromatic N) is 1. The summed E-state index contributed by atoms with van der Waals surface area (Å²) in [4.78, 5) is 26.4. The maximum atomic E-state index is 12.8. The molecule has 1 heterocycles. The van der Waals surface area contributed by atoms with E-state index in [1.54, 1.807) is 29.2 Å². The Morgan fingerprint density at radius 3 is 2.38 bits per heavy atom. The van der Waals surface area contributed by atoms with Gasteiger partial charge in [-0.2, -0.15) is 0 Å². The highest BCUT2D eigenvalue weighted by atomic mass is 16.4. The van der Waals surface area contributed by atoms with Gasteiger partial charge in [0.25, 0.3) is 5.91 Å². The summed E-state index contributed by atoms with van der Waals surface area (Å²) in [5, 5.41) is 9.70. The quantitative estimate of drug-likeness (QED) is 0.927. The minimum absolute atomic E-state index is 0.0458. The summed E-state index contributed by atoms with van der Waals surface area (Å²) < 4.78 is 0. The molecule has 0 saturated carbocycles. The predicted octanol–water partition coefficient (Wildman–Crippen LogP) is 2.99. The van der Waals surface area contributed by atoms with Crippen molar-refractivity contribution in [2.75, 3.05) is 6.54 Å². The van der Waals surface area contributed by atoms with Crippen molar-refractivity contribution in [2.45, 2.75) is 39.7 Å². The molecule has 1 aromatic carbocycles. The van der Waals surface area contributed by atoms with E-state index in [1.807, 2.05) is 27.7 Å². The summed E-state index contributed by atoms with van der Waals surface area (Å²) in [6.45, 7) is 8.63. The zero-order chi connectivity index (χ0) is 15.7.